The summed E-state index contributed by atoms with van der Waals surface area (Å²) in [5, 5.41) is 23.4. The van der Waals surface area contributed by atoms with Gasteiger partial charge in [-0.2, -0.15) is 4.98 Å². The van der Waals surface area contributed by atoms with Gasteiger partial charge in [0.2, 0.25) is 5.82 Å². The predicted molar refractivity (Wildman–Crippen MR) is 148 cm³/mol. The highest BCUT2D eigenvalue weighted by molar-refractivity contribution is 5.78. The fourth-order valence-electron chi connectivity index (χ4n) is 6.01. The molecule has 9 heteroatoms. The Bertz CT molecular complexity index is 1650. The summed E-state index contributed by atoms with van der Waals surface area (Å²) in [6.45, 7) is 7.51. The fourth-order valence-corrected chi connectivity index (χ4v) is 6.01. The van der Waals surface area contributed by atoms with E-state index in [-0.39, 0.29) is 24.0 Å². The van der Waals surface area contributed by atoms with Gasteiger partial charge in [-0.3, -0.25) is 4.79 Å². The minimum absolute atomic E-state index is 0.00792. The van der Waals surface area contributed by atoms with E-state index in [1.165, 1.54) is 6.07 Å². The summed E-state index contributed by atoms with van der Waals surface area (Å²) in [5.74, 6) is 0.353. The van der Waals surface area contributed by atoms with Crippen molar-refractivity contribution in [1.29, 1.82) is 0 Å². The third kappa shape index (κ3) is 4.95. The van der Waals surface area contributed by atoms with Crippen LogP contribution in [0.2, 0.25) is 0 Å². The summed E-state index contributed by atoms with van der Waals surface area (Å²) < 4.78 is 32.6. The lowest BCUT2D eigenvalue weighted by atomic mass is 9.89. The van der Waals surface area contributed by atoms with Gasteiger partial charge in [-0.05, 0) is 92.6 Å². The maximum absolute atomic E-state index is 15.3. The first-order valence-electron chi connectivity index (χ1n) is 13.6. The molecule has 1 aliphatic carbocycles. The summed E-state index contributed by atoms with van der Waals surface area (Å²) in [4.78, 5) is 15.5. The number of aliphatic hydroxyl groups is 1. The number of hydrogen-bond acceptors (Lipinski definition) is 7. The van der Waals surface area contributed by atoms with Crippen molar-refractivity contribution in [3.63, 3.8) is 0 Å². The van der Waals surface area contributed by atoms with Crippen molar-refractivity contribution in [3.05, 3.63) is 82.0 Å². The van der Waals surface area contributed by atoms with E-state index in [0.29, 0.717) is 42.3 Å². The Kier molecular flexibility index (Phi) is 6.57. The molecule has 0 radical (unpaired) electrons. The van der Waals surface area contributed by atoms with Gasteiger partial charge in [-0.15, -0.1) is 0 Å². The molecule has 0 unspecified atom stereocenters. The van der Waals surface area contributed by atoms with Gasteiger partial charge in [-0.25, -0.2) is 4.39 Å². The first-order chi connectivity index (χ1) is 19.5. The Labute approximate surface area is 236 Å². The number of carboxylic acid groups (broad SMARTS) is 1. The molecule has 4 aromatic rings. The first kappa shape index (κ1) is 27.0. The Morgan fingerprint density at radius 2 is 1.90 bits per heavy atom. The molecule has 2 aliphatic rings. The lowest BCUT2D eigenvalue weighted by Crippen LogP contribution is -2.15. The van der Waals surface area contributed by atoms with Crippen molar-refractivity contribution >= 4 is 5.97 Å². The van der Waals surface area contributed by atoms with E-state index in [0.717, 1.165) is 38.9 Å². The smallest absolute Gasteiger partial charge is 0.304 e. The average Bonchev–Trinajstić information content (AvgIpc) is 3.64. The van der Waals surface area contributed by atoms with Gasteiger partial charge < -0.3 is 24.2 Å². The lowest BCUT2D eigenvalue weighted by molar-refractivity contribution is -0.137. The van der Waals surface area contributed by atoms with Crippen LogP contribution in [0.5, 0.6) is 11.5 Å². The highest BCUT2D eigenvalue weighted by atomic mass is 19.1. The second kappa shape index (κ2) is 9.99. The number of aromatic nitrogens is 2. The molecule has 1 aromatic heterocycles. The van der Waals surface area contributed by atoms with Gasteiger partial charge in [0, 0.05) is 28.7 Å². The summed E-state index contributed by atoms with van der Waals surface area (Å²) in [6.07, 6.45) is 0.837. The maximum atomic E-state index is 15.3. The molecule has 2 heterocycles. The molecule has 6 rings (SSSR count). The summed E-state index contributed by atoms with van der Waals surface area (Å²) in [7, 11) is 0. The summed E-state index contributed by atoms with van der Waals surface area (Å²) >= 11 is 0. The first-order valence-corrected chi connectivity index (χ1v) is 13.6. The Balaban J connectivity index is 1.30. The van der Waals surface area contributed by atoms with Gasteiger partial charge in [0.05, 0.1) is 13.0 Å². The number of nitrogens with zero attached hydrogens (tertiary/aromatic N) is 2. The fraction of sp³-hybridized carbons (Fsp3) is 0.344. The molecule has 0 spiro atoms. The van der Waals surface area contributed by atoms with Crippen molar-refractivity contribution in [3.8, 4) is 34.0 Å². The number of carbonyl (C=O) groups is 1. The minimum atomic E-state index is -1.24. The minimum Gasteiger partial charge on any atom is -0.492 e. The van der Waals surface area contributed by atoms with E-state index in [1.807, 2.05) is 38.1 Å². The highest BCUT2D eigenvalue weighted by Gasteiger charge is 2.32. The number of aryl methyl sites for hydroxylation is 2. The van der Waals surface area contributed by atoms with E-state index < -0.39 is 17.7 Å². The second-order valence-electron chi connectivity index (χ2n) is 11.4. The average molecular weight is 559 g/mol. The standard InChI is InChI=1S/C32H31FN2O6/c1-16-11-18(30-34-31(41-35-30)32(3,4)38)12-17(2)28(16)22-7-9-24(33)29-23(22)8-10-25(29)40-20-5-6-21-19(13-27(36)37)15-39-26(21)14-20/h5-7,9,11-12,14,19,25,38H,8,10,13,15H2,1-4H3,(H,36,37)/t19-,25-/m1/s1. The molecular weight excluding hydrogens is 527 g/mol. The number of aliphatic carboxylic acids is 1. The van der Waals surface area contributed by atoms with E-state index >= 15 is 4.39 Å². The van der Waals surface area contributed by atoms with E-state index in [2.05, 4.69) is 10.1 Å². The van der Waals surface area contributed by atoms with Crippen LogP contribution >= 0.6 is 0 Å². The molecule has 0 fully saturated rings. The van der Waals surface area contributed by atoms with Gasteiger partial charge in [0.25, 0.3) is 5.89 Å². The number of benzene rings is 3. The summed E-state index contributed by atoms with van der Waals surface area (Å²) in [5.41, 5.74) is 5.83. The molecular formula is C32H31FN2O6. The van der Waals surface area contributed by atoms with Gasteiger partial charge in [-0.1, -0.05) is 17.3 Å². The monoisotopic (exact) mass is 558 g/mol. The van der Waals surface area contributed by atoms with Gasteiger partial charge in [0.15, 0.2) is 0 Å². The Hall–Kier alpha value is -4.24. The van der Waals surface area contributed by atoms with Crippen molar-refractivity contribution in [1.82, 2.24) is 10.1 Å². The zero-order valence-corrected chi connectivity index (χ0v) is 23.3. The number of hydrogen-bond donors (Lipinski definition) is 2. The van der Waals surface area contributed by atoms with Gasteiger partial charge in [0.1, 0.15) is 29.0 Å². The second-order valence-corrected chi connectivity index (χ2v) is 11.4. The normalized spacial score (nSPS) is 17.7. The van der Waals surface area contributed by atoms with Crippen LogP contribution in [0, 0.1) is 19.7 Å². The lowest BCUT2D eigenvalue weighted by Gasteiger charge is -2.19. The van der Waals surface area contributed by atoms with Crippen molar-refractivity contribution in [2.75, 3.05) is 6.61 Å². The molecule has 0 saturated carbocycles. The van der Waals surface area contributed by atoms with Crippen LogP contribution in [0.1, 0.15) is 72.4 Å². The van der Waals surface area contributed by atoms with Gasteiger partial charge >= 0.3 is 5.97 Å². The molecule has 3 aromatic carbocycles. The van der Waals surface area contributed by atoms with Crippen LogP contribution in [0.15, 0.2) is 47.0 Å². The third-order valence-electron chi connectivity index (χ3n) is 7.86. The number of rotatable bonds is 7. The van der Waals surface area contributed by atoms with Crippen LogP contribution in [-0.4, -0.2) is 32.9 Å². The Morgan fingerprint density at radius 3 is 2.59 bits per heavy atom. The quantitative estimate of drug-likeness (QED) is 0.268. The number of ether oxygens (including phenoxy) is 2. The maximum Gasteiger partial charge on any atom is 0.304 e. The summed E-state index contributed by atoms with van der Waals surface area (Å²) in [6, 6.07) is 12.7. The molecule has 0 saturated heterocycles. The molecule has 0 amide bonds. The molecule has 0 bridgehead atoms. The van der Waals surface area contributed by atoms with E-state index in [9.17, 15) is 9.90 Å². The largest absolute Gasteiger partial charge is 0.492 e. The van der Waals surface area contributed by atoms with Crippen LogP contribution in [0.3, 0.4) is 0 Å². The third-order valence-corrected chi connectivity index (χ3v) is 7.86. The number of halogens is 1. The van der Waals surface area contributed by atoms with E-state index in [1.54, 1.807) is 26.0 Å². The Morgan fingerprint density at radius 1 is 1.15 bits per heavy atom. The van der Waals surface area contributed by atoms with Crippen LogP contribution in [0.25, 0.3) is 22.5 Å². The zero-order valence-electron chi connectivity index (χ0n) is 23.3. The van der Waals surface area contributed by atoms with Crippen molar-refractivity contribution < 1.29 is 33.4 Å². The topological polar surface area (TPSA) is 115 Å². The zero-order chi connectivity index (χ0) is 29.1. The molecule has 2 atom stereocenters. The van der Waals surface area contributed by atoms with Crippen LogP contribution < -0.4 is 9.47 Å². The van der Waals surface area contributed by atoms with E-state index in [4.69, 9.17) is 19.1 Å². The van der Waals surface area contributed by atoms with Crippen LogP contribution in [-0.2, 0) is 16.8 Å². The number of carboxylic acids is 1. The van der Waals surface area contributed by atoms with Crippen LogP contribution in [0.4, 0.5) is 4.39 Å². The van der Waals surface area contributed by atoms with Crippen molar-refractivity contribution in [2.45, 2.75) is 64.6 Å². The predicted octanol–water partition coefficient (Wildman–Crippen LogP) is 6.40. The molecule has 41 heavy (non-hydrogen) atoms. The number of fused-ring (bicyclic) bond motifs is 2. The highest BCUT2D eigenvalue weighted by Crippen LogP contribution is 2.45. The molecule has 1 aliphatic heterocycles. The molecule has 212 valence electrons. The molecule has 8 nitrogen and oxygen atoms in total. The van der Waals surface area contributed by atoms with Crippen molar-refractivity contribution in [2.24, 2.45) is 0 Å². The molecule has 2 N–H and O–H groups in total. The SMILES string of the molecule is Cc1cc(-c2noc(C(C)(C)O)n2)cc(C)c1-c1ccc(F)c2c1CC[C@H]2Oc1ccc2c(c1)OC[C@H]2CC(=O)O.